The fraction of sp³-hybridized carbons (Fsp3) is 0.727. The number of unbranched alkanes of at least 4 members (excludes halogenated alkanes) is 5. The molecular formula is C22H35NO2. The van der Waals surface area contributed by atoms with Gasteiger partial charge in [0.1, 0.15) is 5.60 Å². The van der Waals surface area contributed by atoms with Gasteiger partial charge in [-0.1, -0.05) is 63.3 Å². The zero-order chi connectivity index (χ0) is 17.5. The molecule has 140 valence electrons. The molecule has 0 bridgehead atoms. The summed E-state index contributed by atoms with van der Waals surface area (Å²) in [5.74, 6) is 0. The van der Waals surface area contributed by atoms with E-state index in [0.29, 0.717) is 0 Å². The van der Waals surface area contributed by atoms with E-state index in [1.54, 1.807) is 7.11 Å². The average Bonchev–Trinajstić information content (AvgIpc) is 2.65. The molecule has 3 rings (SSSR count). The van der Waals surface area contributed by atoms with Crippen molar-refractivity contribution in [2.45, 2.75) is 76.6 Å². The summed E-state index contributed by atoms with van der Waals surface area (Å²) in [5.41, 5.74) is 2.63. The zero-order valence-corrected chi connectivity index (χ0v) is 16.1. The van der Waals surface area contributed by atoms with Crippen LogP contribution in [0.25, 0.3) is 0 Å². The molecule has 3 heteroatoms. The summed E-state index contributed by atoms with van der Waals surface area (Å²) in [5, 5.41) is 0. The van der Waals surface area contributed by atoms with E-state index in [0.717, 1.165) is 19.4 Å². The van der Waals surface area contributed by atoms with Gasteiger partial charge in [-0.3, -0.25) is 0 Å². The molecular weight excluding hydrogens is 310 g/mol. The Bertz CT molecular complexity index is 533. The molecule has 1 saturated heterocycles. The van der Waals surface area contributed by atoms with Gasteiger partial charge in [0.2, 0.25) is 0 Å². The van der Waals surface area contributed by atoms with Crippen LogP contribution in [0, 0.1) is 0 Å². The van der Waals surface area contributed by atoms with E-state index in [1.165, 1.54) is 69.2 Å². The quantitative estimate of drug-likeness (QED) is 0.627. The maximum Gasteiger partial charge on any atom is 0.162 e. The lowest BCUT2D eigenvalue weighted by Crippen LogP contribution is -2.52. The molecule has 0 saturated carbocycles. The predicted octanol–water partition coefficient (Wildman–Crippen LogP) is 4.88. The maximum atomic E-state index is 6.52. The molecule has 0 N–H and O–H groups in total. The number of hydrogen-bond donors (Lipinski definition) is 0. The number of benzene rings is 1. The first-order chi connectivity index (χ1) is 12.3. The second kappa shape index (κ2) is 9.16. The molecule has 1 spiro atoms. The van der Waals surface area contributed by atoms with Gasteiger partial charge in [-0.15, -0.1) is 0 Å². The summed E-state index contributed by atoms with van der Waals surface area (Å²) in [6, 6.07) is 8.82. The van der Waals surface area contributed by atoms with Gasteiger partial charge in [0.15, 0.2) is 6.29 Å². The number of methoxy groups -OCH3 is 1. The number of likely N-dealkylation sites (tertiary alicyclic amines) is 1. The minimum absolute atomic E-state index is 0.108. The van der Waals surface area contributed by atoms with E-state index in [4.69, 9.17) is 9.47 Å². The first kappa shape index (κ1) is 18.9. The Kier molecular flexibility index (Phi) is 6.92. The standard InChI is InChI=1S/C22H35NO2/c1-3-4-5-6-7-10-15-23-16-11-14-22(18-23)20-13-9-8-12-19(20)17-21(24-2)25-22/h8-9,12-13,21H,3-7,10-11,14-18H2,1-2H3/t21-,22+/m1/s1. The average molecular weight is 346 g/mol. The minimum Gasteiger partial charge on any atom is -0.355 e. The van der Waals surface area contributed by atoms with Crippen LogP contribution in [0.1, 0.15) is 69.4 Å². The van der Waals surface area contributed by atoms with Crippen molar-refractivity contribution < 1.29 is 9.47 Å². The highest BCUT2D eigenvalue weighted by Gasteiger charge is 2.44. The third-order valence-electron chi connectivity index (χ3n) is 5.88. The third-order valence-corrected chi connectivity index (χ3v) is 5.88. The topological polar surface area (TPSA) is 21.7 Å². The molecule has 0 aliphatic carbocycles. The molecule has 0 amide bonds. The van der Waals surface area contributed by atoms with Gasteiger partial charge in [0, 0.05) is 20.1 Å². The first-order valence-corrected chi connectivity index (χ1v) is 10.3. The predicted molar refractivity (Wildman–Crippen MR) is 103 cm³/mol. The fourth-order valence-electron chi connectivity index (χ4n) is 4.54. The summed E-state index contributed by atoms with van der Waals surface area (Å²) >= 11 is 0. The van der Waals surface area contributed by atoms with E-state index in [1.807, 2.05) is 0 Å². The molecule has 0 aromatic heterocycles. The van der Waals surface area contributed by atoms with E-state index < -0.39 is 0 Å². The Balaban J connectivity index is 1.61. The second-order valence-electron chi connectivity index (χ2n) is 7.79. The van der Waals surface area contributed by atoms with Crippen molar-refractivity contribution in [2.75, 3.05) is 26.7 Å². The van der Waals surface area contributed by atoms with Crippen LogP contribution in [-0.4, -0.2) is 37.9 Å². The lowest BCUT2D eigenvalue weighted by atomic mass is 9.80. The van der Waals surface area contributed by atoms with Crippen LogP contribution in [0.15, 0.2) is 24.3 Å². The second-order valence-corrected chi connectivity index (χ2v) is 7.79. The Morgan fingerprint density at radius 1 is 1.16 bits per heavy atom. The van der Waals surface area contributed by atoms with Crippen LogP contribution < -0.4 is 0 Å². The van der Waals surface area contributed by atoms with Crippen LogP contribution in [0.3, 0.4) is 0 Å². The molecule has 2 heterocycles. The van der Waals surface area contributed by atoms with Crippen molar-refractivity contribution >= 4 is 0 Å². The smallest absolute Gasteiger partial charge is 0.162 e. The monoisotopic (exact) mass is 345 g/mol. The molecule has 0 radical (unpaired) electrons. The van der Waals surface area contributed by atoms with Crippen molar-refractivity contribution in [2.24, 2.45) is 0 Å². The van der Waals surface area contributed by atoms with Crippen LogP contribution >= 0.6 is 0 Å². The maximum absolute atomic E-state index is 6.52. The van der Waals surface area contributed by atoms with Gasteiger partial charge in [0.25, 0.3) is 0 Å². The normalized spacial score (nSPS) is 26.7. The number of piperidine rings is 1. The van der Waals surface area contributed by atoms with E-state index in [-0.39, 0.29) is 11.9 Å². The van der Waals surface area contributed by atoms with Gasteiger partial charge < -0.3 is 14.4 Å². The van der Waals surface area contributed by atoms with Crippen molar-refractivity contribution in [1.29, 1.82) is 0 Å². The van der Waals surface area contributed by atoms with Crippen LogP contribution in [0.2, 0.25) is 0 Å². The highest BCUT2D eigenvalue weighted by Crippen LogP contribution is 2.42. The third kappa shape index (κ3) is 4.64. The van der Waals surface area contributed by atoms with Gasteiger partial charge in [-0.25, -0.2) is 0 Å². The van der Waals surface area contributed by atoms with E-state index >= 15 is 0 Å². The molecule has 3 nitrogen and oxygen atoms in total. The number of rotatable bonds is 8. The summed E-state index contributed by atoms with van der Waals surface area (Å²) in [6.07, 6.45) is 11.2. The fourth-order valence-corrected chi connectivity index (χ4v) is 4.54. The first-order valence-electron chi connectivity index (χ1n) is 10.3. The summed E-state index contributed by atoms with van der Waals surface area (Å²) in [7, 11) is 1.77. The molecule has 1 fully saturated rings. The zero-order valence-electron chi connectivity index (χ0n) is 16.1. The van der Waals surface area contributed by atoms with Gasteiger partial charge in [0.05, 0.1) is 0 Å². The molecule has 25 heavy (non-hydrogen) atoms. The van der Waals surface area contributed by atoms with Crippen molar-refractivity contribution in [3.63, 3.8) is 0 Å². The number of ether oxygens (including phenoxy) is 2. The van der Waals surface area contributed by atoms with Crippen molar-refractivity contribution in [3.05, 3.63) is 35.4 Å². The lowest BCUT2D eigenvalue weighted by Gasteiger charge is -2.48. The van der Waals surface area contributed by atoms with Gasteiger partial charge in [-0.2, -0.15) is 0 Å². The molecule has 2 aliphatic rings. The van der Waals surface area contributed by atoms with E-state index in [2.05, 4.69) is 36.1 Å². The Labute approximate surface area is 153 Å². The van der Waals surface area contributed by atoms with Gasteiger partial charge in [-0.05, 0) is 43.5 Å². The van der Waals surface area contributed by atoms with Gasteiger partial charge >= 0.3 is 0 Å². The van der Waals surface area contributed by atoms with E-state index in [9.17, 15) is 0 Å². The van der Waals surface area contributed by atoms with Crippen LogP contribution in [-0.2, 0) is 21.5 Å². The Hall–Kier alpha value is -0.900. The summed E-state index contributed by atoms with van der Waals surface area (Å²) in [6.45, 7) is 5.71. The molecule has 1 aromatic rings. The number of nitrogens with zero attached hydrogens (tertiary/aromatic N) is 1. The van der Waals surface area contributed by atoms with Crippen LogP contribution in [0.5, 0.6) is 0 Å². The number of fused-ring (bicyclic) bond motifs is 2. The lowest BCUT2D eigenvalue weighted by molar-refractivity contribution is -0.228. The molecule has 1 aromatic carbocycles. The van der Waals surface area contributed by atoms with Crippen molar-refractivity contribution in [1.82, 2.24) is 4.90 Å². The highest BCUT2D eigenvalue weighted by atomic mass is 16.7. The minimum atomic E-state index is -0.171. The summed E-state index contributed by atoms with van der Waals surface area (Å²) in [4.78, 5) is 2.62. The molecule has 0 unspecified atom stereocenters. The largest absolute Gasteiger partial charge is 0.355 e. The SMILES string of the molecule is CCCCCCCCN1CCC[C@@]2(C1)O[C@@H](OC)Cc1ccccc12. The van der Waals surface area contributed by atoms with Crippen LogP contribution in [0.4, 0.5) is 0 Å². The molecule has 2 atom stereocenters. The molecule has 2 aliphatic heterocycles. The Morgan fingerprint density at radius 3 is 2.80 bits per heavy atom. The Morgan fingerprint density at radius 2 is 1.96 bits per heavy atom. The summed E-state index contributed by atoms with van der Waals surface area (Å²) < 4.78 is 12.1. The van der Waals surface area contributed by atoms with Crippen molar-refractivity contribution in [3.8, 4) is 0 Å². The highest BCUT2D eigenvalue weighted by molar-refractivity contribution is 5.35. The number of hydrogen-bond acceptors (Lipinski definition) is 3.